The zero-order valence-electron chi connectivity index (χ0n) is 15.9. The van der Waals surface area contributed by atoms with Crippen LogP contribution < -0.4 is 15.3 Å². The van der Waals surface area contributed by atoms with E-state index < -0.39 is 0 Å². The number of likely N-dealkylation sites (tertiary alicyclic amines) is 1. The van der Waals surface area contributed by atoms with Crippen molar-refractivity contribution < 1.29 is 0 Å². The normalized spacial score (nSPS) is 19.7. The van der Waals surface area contributed by atoms with E-state index in [2.05, 4.69) is 65.3 Å². The summed E-state index contributed by atoms with van der Waals surface area (Å²) in [6, 6.07) is 0.212. The van der Waals surface area contributed by atoms with Crippen LogP contribution in [0.25, 0.3) is 0 Å². The molecule has 3 rings (SSSR count). The first-order chi connectivity index (χ1) is 12.6. The van der Waals surface area contributed by atoms with Gasteiger partial charge in [-0.3, -0.25) is 5.01 Å². The first-order valence-corrected chi connectivity index (χ1v) is 9.19. The van der Waals surface area contributed by atoms with E-state index >= 15 is 0 Å². The third kappa shape index (κ3) is 3.37. The summed E-state index contributed by atoms with van der Waals surface area (Å²) in [7, 11) is 0. The molecule has 2 aliphatic heterocycles. The maximum absolute atomic E-state index is 4.59. The predicted molar refractivity (Wildman–Crippen MR) is 107 cm³/mol. The van der Waals surface area contributed by atoms with Crippen molar-refractivity contribution in [1.29, 1.82) is 0 Å². The number of hydrogen-bond donors (Lipinski definition) is 1. The van der Waals surface area contributed by atoms with E-state index in [0.717, 1.165) is 49.1 Å². The molecule has 0 aromatic carbocycles. The number of hydrazine groups is 1. The van der Waals surface area contributed by atoms with Crippen molar-refractivity contribution in [3.63, 3.8) is 0 Å². The summed E-state index contributed by atoms with van der Waals surface area (Å²) in [6.07, 6.45) is 10.6. The van der Waals surface area contributed by atoms with Gasteiger partial charge in [-0.05, 0) is 26.3 Å². The molecule has 1 aromatic rings. The fourth-order valence-corrected chi connectivity index (χ4v) is 3.42. The van der Waals surface area contributed by atoms with Crippen LogP contribution in [0.2, 0.25) is 0 Å². The van der Waals surface area contributed by atoms with Gasteiger partial charge in [-0.15, -0.1) is 0 Å². The summed E-state index contributed by atoms with van der Waals surface area (Å²) in [6.45, 7) is 17.2. The molecule has 0 amide bonds. The number of hydrogen-bond acceptors (Lipinski definition) is 6. The Kier molecular flexibility index (Phi) is 5.42. The minimum atomic E-state index is 0.212. The van der Waals surface area contributed by atoms with E-state index in [1.807, 2.05) is 23.5 Å². The van der Waals surface area contributed by atoms with Crippen LogP contribution in [0.15, 0.2) is 60.9 Å². The fourth-order valence-electron chi connectivity index (χ4n) is 3.42. The van der Waals surface area contributed by atoms with Gasteiger partial charge in [0.15, 0.2) is 5.82 Å². The van der Waals surface area contributed by atoms with Crippen molar-refractivity contribution in [2.75, 3.05) is 29.5 Å². The lowest BCUT2D eigenvalue weighted by molar-refractivity contribution is 0.449. The van der Waals surface area contributed by atoms with E-state index in [-0.39, 0.29) is 6.04 Å². The highest BCUT2D eigenvalue weighted by Gasteiger charge is 2.37. The lowest BCUT2D eigenvalue weighted by atomic mass is 10.2. The van der Waals surface area contributed by atoms with Crippen LogP contribution in [-0.4, -0.2) is 40.5 Å². The molecule has 1 atom stereocenters. The Morgan fingerprint density at radius 3 is 2.77 bits per heavy atom. The van der Waals surface area contributed by atoms with Crippen molar-refractivity contribution in [1.82, 2.24) is 20.3 Å². The zero-order chi connectivity index (χ0) is 18.7. The van der Waals surface area contributed by atoms with Crippen LogP contribution in [0.1, 0.15) is 27.2 Å². The number of rotatable bonds is 7. The van der Waals surface area contributed by atoms with E-state index in [0.29, 0.717) is 0 Å². The summed E-state index contributed by atoms with van der Waals surface area (Å²) >= 11 is 0. The molecule has 0 spiro atoms. The van der Waals surface area contributed by atoms with Gasteiger partial charge in [0.05, 0.1) is 18.4 Å². The predicted octanol–water partition coefficient (Wildman–Crippen LogP) is 3.21. The number of anilines is 2. The summed E-state index contributed by atoms with van der Waals surface area (Å²) in [5, 5.41) is 1.95. The zero-order valence-corrected chi connectivity index (χ0v) is 15.9. The second kappa shape index (κ2) is 7.74. The molecule has 1 unspecified atom stereocenters. The van der Waals surface area contributed by atoms with Crippen LogP contribution in [0.3, 0.4) is 0 Å². The third-order valence-electron chi connectivity index (χ3n) is 4.82. The molecule has 6 nitrogen and oxygen atoms in total. The second-order valence-corrected chi connectivity index (χ2v) is 6.55. The van der Waals surface area contributed by atoms with Crippen molar-refractivity contribution in [3.05, 3.63) is 60.9 Å². The molecule has 6 heteroatoms. The molecule has 26 heavy (non-hydrogen) atoms. The Balaban J connectivity index is 1.74. The van der Waals surface area contributed by atoms with Crippen molar-refractivity contribution in [2.45, 2.75) is 33.2 Å². The van der Waals surface area contributed by atoms with Gasteiger partial charge in [-0.25, -0.2) is 15.4 Å². The molecule has 1 N–H and O–H groups in total. The first-order valence-electron chi connectivity index (χ1n) is 9.19. The van der Waals surface area contributed by atoms with Crippen molar-refractivity contribution in [2.24, 2.45) is 0 Å². The quantitative estimate of drug-likeness (QED) is 0.761. The molecule has 138 valence electrons. The van der Waals surface area contributed by atoms with Crippen LogP contribution in [0, 0.1) is 0 Å². The summed E-state index contributed by atoms with van der Waals surface area (Å²) in [5.74, 6) is 1.71. The van der Waals surface area contributed by atoms with Crippen LogP contribution in [0.5, 0.6) is 0 Å². The molecule has 0 bridgehead atoms. The fraction of sp³-hybridized carbons (Fsp3) is 0.400. The molecule has 0 radical (unpaired) electrons. The Morgan fingerprint density at radius 2 is 2.19 bits per heavy atom. The molecule has 3 heterocycles. The van der Waals surface area contributed by atoms with Gasteiger partial charge in [0.25, 0.3) is 0 Å². The van der Waals surface area contributed by atoms with E-state index in [1.165, 1.54) is 5.57 Å². The summed E-state index contributed by atoms with van der Waals surface area (Å²) in [4.78, 5) is 13.6. The molecule has 1 fully saturated rings. The maximum Gasteiger partial charge on any atom is 0.165 e. The molecule has 1 aromatic heterocycles. The number of allylic oxidation sites excluding steroid dienone is 3. The Morgan fingerprint density at radius 1 is 1.38 bits per heavy atom. The monoisotopic (exact) mass is 352 g/mol. The second-order valence-electron chi connectivity index (χ2n) is 6.55. The smallest absolute Gasteiger partial charge is 0.165 e. The minimum absolute atomic E-state index is 0.212. The van der Waals surface area contributed by atoms with Gasteiger partial charge in [-0.1, -0.05) is 26.2 Å². The standard InChI is InChI=1S/C20H28N6/c1-6-9-15(4)25-14-18-17(16(25)5)13-26(23-18)20-12-21-19(11-22-20)24(8-3)10-7-2/h6,9,11-13,18,23H,1,5,7-8,10,14H2,2-4H3/b15-9+. The van der Waals surface area contributed by atoms with Crippen LogP contribution in [0.4, 0.5) is 11.6 Å². The molecule has 0 aliphatic carbocycles. The van der Waals surface area contributed by atoms with Gasteiger partial charge in [0.2, 0.25) is 0 Å². The third-order valence-corrected chi connectivity index (χ3v) is 4.82. The lowest BCUT2D eigenvalue weighted by Gasteiger charge is -2.24. The van der Waals surface area contributed by atoms with E-state index in [9.17, 15) is 0 Å². The molecule has 1 saturated heterocycles. The molecular weight excluding hydrogens is 324 g/mol. The van der Waals surface area contributed by atoms with Crippen LogP contribution >= 0.6 is 0 Å². The molecule has 2 aliphatic rings. The number of fused-ring (bicyclic) bond motifs is 1. The minimum Gasteiger partial charge on any atom is -0.356 e. The summed E-state index contributed by atoms with van der Waals surface area (Å²) in [5.41, 5.74) is 6.84. The van der Waals surface area contributed by atoms with Gasteiger partial charge in [0, 0.05) is 42.8 Å². The maximum atomic E-state index is 4.59. The van der Waals surface area contributed by atoms with E-state index in [4.69, 9.17) is 0 Å². The van der Waals surface area contributed by atoms with Crippen LogP contribution in [-0.2, 0) is 0 Å². The highest BCUT2D eigenvalue weighted by atomic mass is 15.6. The van der Waals surface area contributed by atoms with Crippen molar-refractivity contribution in [3.8, 4) is 0 Å². The lowest BCUT2D eigenvalue weighted by Crippen LogP contribution is -2.39. The Hall–Kier alpha value is -2.60. The SMILES string of the molecule is C=C/C=C(\C)N1CC2NN(c3cnc(N(CC)CCC)cn3)C=C2C1=C. The molecular formula is C20H28N6. The average molecular weight is 352 g/mol. The highest BCUT2D eigenvalue weighted by molar-refractivity contribution is 5.53. The van der Waals surface area contributed by atoms with Crippen molar-refractivity contribution >= 4 is 11.6 Å². The van der Waals surface area contributed by atoms with Gasteiger partial charge >= 0.3 is 0 Å². The number of aromatic nitrogens is 2. The molecule has 0 saturated carbocycles. The summed E-state index contributed by atoms with van der Waals surface area (Å²) < 4.78 is 0. The van der Waals surface area contributed by atoms with Gasteiger partial charge < -0.3 is 9.80 Å². The Labute approximate surface area is 156 Å². The highest BCUT2D eigenvalue weighted by Crippen LogP contribution is 2.34. The van der Waals surface area contributed by atoms with Gasteiger partial charge in [-0.2, -0.15) is 0 Å². The largest absolute Gasteiger partial charge is 0.356 e. The number of nitrogens with one attached hydrogen (secondary N) is 1. The number of nitrogens with zero attached hydrogens (tertiary/aromatic N) is 5. The van der Waals surface area contributed by atoms with E-state index in [1.54, 1.807) is 6.08 Å². The first kappa shape index (κ1) is 18.2. The average Bonchev–Trinajstić information content (AvgIpc) is 3.20. The Bertz CT molecular complexity index is 733. The topological polar surface area (TPSA) is 47.5 Å². The van der Waals surface area contributed by atoms with Gasteiger partial charge in [0.1, 0.15) is 5.82 Å².